The molecule has 0 fully saturated rings. The van der Waals surface area contributed by atoms with Crippen LogP contribution in [0.4, 0.5) is 5.82 Å². The molecule has 0 radical (unpaired) electrons. The molecule has 128 valence electrons. The summed E-state index contributed by atoms with van der Waals surface area (Å²) in [5.74, 6) is 0.740. The highest BCUT2D eigenvalue weighted by Gasteiger charge is 2.16. The molecule has 1 aromatic carbocycles. The van der Waals surface area contributed by atoms with Crippen molar-refractivity contribution in [2.45, 2.75) is 6.92 Å². The van der Waals surface area contributed by atoms with Crippen LogP contribution in [-0.2, 0) is 0 Å². The number of amides is 1. The predicted molar refractivity (Wildman–Crippen MR) is 101 cm³/mol. The monoisotopic (exact) mass is 363 g/mol. The van der Waals surface area contributed by atoms with E-state index in [-0.39, 0.29) is 5.91 Å². The summed E-state index contributed by atoms with van der Waals surface area (Å²) in [6.07, 6.45) is 3.05. The Bertz CT molecular complexity index is 1120. The van der Waals surface area contributed by atoms with Gasteiger partial charge in [0.15, 0.2) is 5.82 Å². The number of nitrogens with zero attached hydrogens (tertiary/aromatic N) is 4. The maximum Gasteiger partial charge on any atom is 0.260 e. The predicted octanol–water partition coefficient (Wildman–Crippen LogP) is 4.03. The molecule has 0 atom stereocenters. The van der Waals surface area contributed by atoms with Gasteiger partial charge in [-0.05, 0) is 37.3 Å². The van der Waals surface area contributed by atoms with Crippen molar-refractivity contribution in [1.29, 1.82) is 0 Å². The Kier molecular flexibility index (Phi) is 4.10. The molecular formula is C19H14ClN5O. The molecule has 7 heteroatoms. The molecule has 4 aromatic rings. The largest absolute Gasteiger partial charge is 0.306 e. The average molecular weight is 364 g/mol. The Morgan fingerprint density at radius 1 is 1.15 bits per heavy atom. The molecule has 0 saturated carbocycles. The molecule has 0 aliphatic rings. The smallest absolute Gasteiger partial charge is 0.260 e. The van der Waals surface area contributed by atoms with Gasteiger partial charge in [0.25, 0.3) is 5.91 Å². The van der Waals surface area contributed by atoms with Crippen molar-refractivity contribution in [1.82, 2.24) is 19.7 Å². The van der Waals surface area contributed by atoms with Gasteiger partial charge < -0.3 is 5.32 Å². The summed E-state index contributed by atoms with van der Waals surface area (Å²) >= 11 is 5.92. The summed E-state index contributed by atoms with van der Waals surface area (Å²) in [5.41, 5.74) is 2.00. The van der Waals surface area contributed by atoms with Crippen molar-refractivity contribution in [3.8, 4) is 5.82 Å². The van der Waals surface area contributed by atoms with Gasteiger partial charge in [-0.2, -0.15) is 5.10 Å². The SMILES string of the molecule is Cc1c(C(=O)Nc2cc(Cl)ccn2)cnn1-c1ccc2ccccc2n1. The van der Waals surface area contributed by atoms with Crippen molar-refractivity contribution in [3.63, 3.8) is 0 Å². The number of pyridine rings is 2. The van der Waals surface area contributed by atoms with E-state index in [9.17, 15) is 4.79 Å². The quantitative estimate of drug-likeness (QED) is 0.596. The van der Waals surface area contributed by atoms with Crippen molar-refractivity contribution >= 4 is 34.2 Å². The van der Waals surface area contributed by atoms with Gasteiger partial charge in [0, 0.05) is 16.6 Å². The van der Waals surface area contributed by atoms with Crippen LogP contribution in [0.3, 0.4) is 0 Å². The van der Waals surface area contributed by atoms with Gasteiger partial charge >= 0.3 is 0 Å². The zero-order valence-corrected chi connectivity index (χ0v) is 14.6. The normalized spacial score (nSPS) is 10.8. The maximum atomic E-state index is 12.5. The third-order valence-electron chi connectivity index (χ3n) is 4.02. The average Bonchev–Trinajstić information content (AvgIpc) is 3.03. The number of hydrogen-bond acceptors (Lipinski definition) is 4. The van der Waals surface area contributed by atoms with Crippen LogP contribution in [0, 0.1) is 6.92 Å². The molecule has 0 spiro atoms. The molecule has 1 amide bonds. The number of nitrogens with one attached hydrogen (secondary N) is 1. The second kappa shape index (κ2) is 6.57. The van der Waals surface area contributed by atoms with Crippen LogP contribution in [0.2, 0.25) is 5.02 Å². The number of halogens is 1. The molecule has 0 bridgehead atoms. The number of fused-ring (bicyclic) bond motifs is 1. The van der Waals surface area contributed by atoms with E-state index in [0.717, 1.165) is 10.9 Å². The molecule has 3 aromatic heterocycles. The topological polar surface area (TPSA) is 72.7 Å². The first-order valence-electron chi connectivity index (χ1n) is 7.95. The fraction of sp³-hybridized carbons (Fsp3) is 0.0526. The summed E-state index contributed by atoms with van der Waals surface area (Å²) in [5, 5.41) is 8.60. The lowest BCUT2D eigenvalue weighted by Gasteiger charge is -2.07. The third kappa shape index (κ3) is 3.02. The van der Waals surface area contributed by atoms with Crippen LogP contribution in [0.5, 0.6) is 0 Å². The summed E-state index contributed by atoms with van der Waals surface area (Å²) in [6.45, 7) is 1.82. The Morgan fingerprint density at radius 2 is 2.00 bits per heavy atom. The van der Waals surface area contributed by atoms with Crippen LogP contribution in [0.15, 0.2) is 60.9 Å². The van der Waals surface area contributed by atoms with Crippen LogP contribution in [-0.4, -0.2) is 25.7 Å². The van der Waals surface area contributed by atoms with Crippen molar-refractivity contribution < 1.29 is 4.79 Å². The fourth-order valence-corrected chi connectivity index (χ4v) is 2.85. The molecule has 4 rings (SSSR count). The Hall–Kier alpha value is -3.25. The maximum absolute atomic E-state index is 12.5. The first kappa shape index (κ1) is 16.2. The number of hydrogen-bond donors (Lipinski definition) is 1. The van der Waals surface area contributed by atoms with Gasteiger partial charge in [-0.15, -0.1) is 0 Å². The highest BCUT2D eigenvalue weighted by Crippen LogP contribution is 2.18. The standard InChI is InChI=1S/C19H14ClN5O/c1-12-15(19(26)24-17-10-14(20)8-9-21-17)11-22-25(12)18-7-6-13-4-2-3-5-16(13)23-18/h2-11H,1H3,(H,21,24,26). The fourth-order valence-electron chi connectivity index (χ4n) is 2.69. The van der Waals surface area contributed by atoms with E-state index in [1.54, 1.807) is 16.8 Å². The zero-order valence-electron chi connectivity index (χ0n) is 13.8. The van der Waals surface area contributed by atoms with Gasteiger partial charge in [0.1, 0.15) is 5.82 Å². The Labute approximate surface area is 154 Å². The minimum Gasteiger partial charge on any atom is -0.306 e. The Morgan fingerprint density at radius 3 is 2.85 bits per heavy atom. The zero-order chi connectivity index (χ0) is 18.1. The van der Waals surface area contributed by atoms with Crippen LogP contribution < -0.4 is 5.32 Å². The highest BCUT2D eigenvalue weighted by molar-refractivity contribution is 6.30. The minimum atomic E-state index is -0.302. The van der Waals surface area contributed by atoms with E-state index in [4.69, 9.17) is 11.6 Å². The van der Waals surface area contributed by atoms with Crippen LogP contribution in [0.1, 0.15) is 16.1 Å². The molecule has 0 aliphatic carbocycles. The van der Waals surface area contributed by atoms with Gasteiger partial charge in [-0.1, -0.05) is 29.8 Å². The van der Waals surface area contributed by atoms with E-state index in [2.05, 4.69) is 20.4 Å². The van der Waals surface area contributed by atoms with Gasteiger partial charge in [0.05, 0.1) is 23.0 Å². The number of carbonyl (C=O) groups excluding carboxylic acids is 1. The third-order valence-corrected chi connectivity index (χ3v) is 4.25. The number of carbonyl (C=O) groups is 1. The number of benzene rings is 1. The molecule has 0 aliphatic heterocycles. The van der Waals surface area contributed by atoms with Gasteiger partial charge in [-0.3, -0.25) is 4.79 Å². The van der Waals surface area contributed by atoms with Crippen molar-refractivity contribution in [2.75, 3.05) is 5.32 Å². The molecule has 0 unspecified atom stereocenters. The number of para-hydroxylation sites is 1. The van der Waals surface area contributed by atoms with Crippen LogP contribution >= 0.6 is 11.6 Å². The van der Waals surface area contributed by atoms with E-state index in [0.29, 0.717) is 27.9 Å². The second-order valence-electron chi connectivity index (χ2n) is 5.73. The van der Waals surface area contributed by atoms with Crippen molar-refractivity contribution in [2.24, 2.45) is 0 Å². The molecule has 1 N–H and O–H groups in total. The lowest BCUT2D eigenvalue weighted by molar-refractivity contribution is 0.102. The molecule has 26 heavy (non-hydrogen) atoms. The first-order valence-corrected chi connectivity index (χ1v) is 8.33. The minimum absolute atomic E-state index is 0.302. The number of aromatic nitrogens is 4. The van der Waals surface area contributed by atoms with E-state index in [1.165, 1.54) is 12.4 Å². The Balaban J connectivity index is 1.65. The van der Waals surface area contributed by atoms with E-state index in [1.807, 2.05) is 43.3 Å². The summed E-state index contributed by atoms with van der Waals surface area (Å²) in [4.78, 5) is 21.2. The first-order chi connectivity index (χ1) is 12.6. The lowest BCUT2D eigenvalue weighted by Crippen LogP contribution is -2.14. The second-order valence-corrected chi connectivity index (χ2v) is 6.17. The van der Waals surface area contributed by atoms with Crippen molar-refractivity contribution in [3.05, 3.63) is 77.2 Å². The molecule has 3 heterocycles. The number of rotatable bonds is 3. The summed E-state index contributed by atoms with van der Waals surface area (Å²) in [6, 6.07) is 14.9. The lowest BCUT2D eigenvalue weighted by atomic mass is 10.2. The summed E-state index contributed by atoms with van der Waals surface area (Å²) in [7, 11) is 0. The molecule has 0 saturated heterocycles. The van der Waals surface area contributed by atoms with E-state index < -0.39 is 0 Å². The molecular weight excluding hydrogens is 350 g/mol. The van der Waals surface area contributed by atoms with Gasteiger partial charge in [0.2, 0.25) is 0 Å². The summed E-state index contributed by atoms with van der Waals surface area (Å²) < 4.78 is 1.65. The van der Waals surface area contributed by atoms with Crippen LogP contribution in [0.25, 0.3) is 16.7 Å². The van der Waals surface area contributed by atoms with Gasteiger partial charge in [-0.25, -0.2) is 14.6 Å². The molecule has 6 nitrogen and oxygen atoms in total. The highest BCUT2D eigenvalue weighted by atomic mass is 35.5. The number of anilines is 1. The van der Waals surface area contributed by atoms with E-state index >= 15 is 0 Å².